The molecular weight excluding hydrogens is 344 g/mol. The number of hydrogen-bond acceptors (Lipinski definition) is 7. The molecule has 0 radical (unpaired) electrons. The summed E-state index contributed by atoms with van der Waals surface area (Å²) in [6.45, 7) is 5.96. The van der Waals surface area contributed by atoms with Crippen LogP contribution in [0.2, 0.25) is 0 Å². The van der Waals surface area contributed by atoms with Gasteiger partial charge in [-0.1, -0.05) is 23.9 Å². The van der Waals surface area contributed by atoms with Gasteiger partial charge in [-0.15, -0.1) is 16.4 Å². The minimum absolute atomic E-state index is 0.134. The highest BCUT2D eigenvalue weighted by atomic mass is 32.2. The Kier molecular flexibility index (Phi) is 4.91. The minimum Gasteiger partial charge on any atom is -0.301 e. The van der Waals surface area contributed by atoms with Gasteiger partial charge in [0.15, 0.2) is 5.13 Å². The van der Waals surface area contributed by atoms with E-state index in [1.165, 1.54) is 23.1 Å². The monoisotopic (exact) mass is 360 g/mol. The number of aromatic nitrogens is 5. The van der Waals surface area contributed by atoms with Gasteiger partial charge >= 0.3 is 0 Å². The molecule has 0 aliphatic rings. The van der Waals surface area contributed by atoms with E-state index in [1.54, 1.807) is 4.68 Å². The number of nitrogens with zero attached hydrogens (tertiary/aromatic N) is 5. The fraction of sp³-hybridized carbons (Fsp3) is 0.267. The molecule has 24 heavy (non-hydrogen) atoms. The largest absolute Gasteiger partial charge is 0.301 e. The van der Waals surface area contributed by atoms with Crippen LogP contribution in [0.5, 0.6) is 0 Å². The fourth-order valence-corrected chi connectivity index (χ4v) is 3.47. The standard InChI is InChI=1S/C15H16N6OS2/c1-9-5-4-6-12(11(9)3)21-15(18-19-20-21)24-8-13(22)17-14-16-10(2)7-23-14/h4-7H,8H2,1-3H3,(H,16,17,22). The number of thioether (sulfide) groups is 1. The molecule has 0 saturated carbocycles. The van der Waals surface area contributed by atoms with Crippen molar-refractivity contribution < 1.29 is 4.79 Å². The molecule has 0 spiro atoms. The average molecular weight is 360 g/mol. The van der Waals surface area contributed by atoms with Crippen LogP contribution in [0.15, 0.2) is 28.7 Å². The summed E-state index contributed by atoms with van der Waals surface area (Å²) in [4.78, 5) is 16.3. The maximum Gasteiger partial charge on any atom is 0.236 e. The average Bonchev–Trinajstić information content (AvgIpc) is 3.17. The molecule has 2 heterocycles. The van der Waals surface area contributed by atoms with E-state index in [2.05, 4.69) is 25.8 Å². The lowest BCUT2D eigenvalue weighted by Crippen LogP contribution is -2.14. The Labute approximate surface area is 147 Å². The molecule has 3 rings (SSSR count). The molecule has 3 aromatic rings. The van der Waals surface area contributed by atoms with Crippen molar-refractivity contribution in [2.75, 3.05) is 11.1 Å². The molecule has 0 fully saturated rings. The second-order valence-electron chi connectivity index (χ2n) is 5.22. The molecule has 7 nitrogen and oxygen atoms in total. The van der Waals surface area contributed by atoms with Gasteiger partial charge in [-0.25, -0.2) is 4.98 Å². The van der Waals surface area contributed by atoms with Gasteiger partial charge in [-0.05, 0) is 48.4 Å². The number of nitrogens with one attached hydrogen (secondary N) is 1. The fourth-order valence-electron chi connectivity index (χ4n) is 2.08. The first kappa shape index (κ1) is 16.6. The summed E-state index contributed by atoms with van der Waals surface area (Å²) in [5.74, 6) is 0.0778. The van der Waals surface area contributed by atoms with Crippen LogP contribution >= 0.6 is 23.1 Å². The number of thiazole rings is 1. The third-order valence-electron chi connectivity index (χ3n) is 3.44. The highest BCUT2D eigenvalue weighted by molar-refractivity contribution is 7.99. The van der Waals surface area contributed by atoms with E-state index in [-0.39, 0.29) is 11.7 Å². The van der Waals surface area contributed by atoms with Gasteiger partial charge in [0.05, 0.1) is 17.1 Å². The van der Waals surface area contributed by atoms with Crippen LogP contribution in [0.4, 0.5) is 5.13 Å². The summed E-state index contributed by atoms with van der Waals surface area (Å²) in [6, 6.07) is 5.96. The number of rotatable bonds is 5. The smallest absolute Gasteiger partial charge is 0.236 e. The number of hydrogen-bond donors (Lipinski definition) is 1. The quantitative estimate of drug-likeness (QED) is 0.704. The van der Waals surface area contributed by atoms with E-state index >= 15 is 0 Å². The summed E-state index contributed by atoms with van der Waals surface area (Å²) < 4.78 is 1.66. The topological polar surface area (TPSA) is 85.6 Å². The Morgan fingerprint density at radius 1 is 1.33 bits per heavy atom. The van der Waals surface area contributed by atoms with Gasteiger partial charge in [0.2, 0.25) is 11.1 Å². The van der Waals surface area contributed by atoms with Crippen molar-refractivity contribution in [1.82, 2.24) is 25.2 Å². The first-order valence-electron chi connectivity index (χ1n) is 7.24. The summed E-state index contributed by atoms with van der Waals surface area (Å²) >= 11 is 2.70. The SMILES string of the molecule is Cc1csc(NC(=O)CSc2nnnn2-c2cccc(C)c2C)n1. The van der Waals surface area contributed by atoms with Crippen LogP contribution in [0.25, 0.3) is 5.69 Å². The van der Waals surface area contributed by atoms with Crippen LogP contribution in [-0.4, -0.2) is 36.9 Å². The van der Waals surface area contributed by atoms with Crippen molar-refractivity contribution in [2.45, 2.75) is 25.9 Å². The van der Waals surface area contributed by atoms with Gasteiger partial charge in [0.25, 0.3) is 0 Å². The Bertz CT molecular complexity index is 872. The van der Waals surface area contributed by atoms with Crippen molar-refractivity contribution in [1.29, 1.82) is 0 Å². The Hall–Kier alpha value is -2.26. The Balaban J connectivity index is 1.70. The third kappa shape index (κ3) is 3.62. The maximum atomic E-state index is 12.0. The van der Waals surface area contributed by atoms with Gasteiger partial charge in [-0.3, -0.25) is 4.79 Å². The summed E-state index contributed by atoms with van der Waals surface area (Å²) in [6.07, 6.45) is 0. The molecule has 2 aromatic heterocycles. The molecule has 9 heteroatoms. The highest BCUT2D eigenvalue weighted by Crippen LogP contribution is 2.22. The molecule has 0 bridgehead atoms. The number of amides is 1. The number of aryl methyl sites for hydroxylation is 2. The Morgan fingerprint density at radius 3 is 2.92 bits per heavy atom. The van der Waals surface area contributed by atoms with Crippen molar-refractivity contribution in [3.05, 3.63) is 40.4 Å². The lowest BCUT2D eigenvalue weighted by Gasteiger charge is -2.09. The Morgan fingerprint density at radius 2 is 2.17 bits per heavy atom. The van der Waals surface area contributed by atoms with Gasteiger partial charge < -0.3 is 5.32 Å². The van der Waals surface area contributed by atoms with Gasteiger partial charge in [0, 0.05) is 5.38 Å². The number of anilines is 1. The first-order chi connectivity index (χ1) is 11.5. The van der Waals surface area contributed by atoms with Crippen LogP contribution in [0, 0.1) is 20.8 Å². The van der Waals surface area contributed by atoms with Crippen LogP contribution in [0.3, 0.4) is 0 Å². The second-order valence-corrected chi connectivity index (χ2v) is 7.02. The normalized spacial score (nSPS) is 10.8. The molecule has 0 unspecified atom stereocenters. The zero-order valence-electron chi connectivity index (χ0n) is 13.5. The molecule has 0 saturated heterocycles. The number of carbonyl (C=O) groups excluding carboxylic acids is 1. The summed E-state index contributed by atoms with van der Waals surface area (Å²) in [5.41, 5.74) is 4.07. The zero-order chi connectivity index (χ0) is 17.1. The second kappa shape index (κ2) is 7.10. The van der Waals surface area contributed by atoms with Crippen molar-refractivity contribution >= 4 is 34.1 Å². The number of tetrazole rings is 1. The predicted molar refractivity (Wildman–Crippen MR) is 94.8 cm³/mol. The molecule has 1 amide bonds. The van der Waals surface area contributed by atoms with Crippen molar-refractivity contribution in [3.63, 3.8) is 0 Å². The lowest BCUT2D eigenvalue weighted by atomic mass is 10.1. The lowest BCUT2D eigenvalue weighted by molar-refractivity contribution is -0.113. The summed E-state index contributed by atoms with van der Waals surface area (Å²) in [7, 11) is 0. The molecule has 0 aliphatic heterocycles. The third-order valence-corrected chi connectivity index (χ3v) is 5.24. The zero-order valence-corrected chi connectivity index (χ0v) is 15.1. The van der Waals surface area contributed by atoms with E-state index < -0.39 is 0 Å². The first-order valence-corrected chi connectivity index (χ1v) is 9.11. The maximum absolute atomic E-state index is 12.0. The van der Waals surface area contributed by atoms with E-state index in [4.69, 9.17) is 0 Å². The van der Waals surface area contributed by atoms with Crippen molar-refractivity contribution in [2.24, 2.45) is 0 Å². The molecular formula is C15H16N6OS2. The van der Waals surface area contributed by atoms with Crippen LogP contribution < -0.4 is 5.32 Å². The molecule has 0 aliphatic carbocycles. The summed E-state index contributed by atoms with van der Waals surface area (Å²) in [5, 5.41) is 17.6. The minimum atomic E-state index is -0.134. The van der Waals surface area contributed by atoms with E-state index in [0.717, 1.165) is 22.5 Å². The number of benzene rings is 1. The van der Waals surface area contributed by atoms with E-state index in [9.17, 15) is 4.79 Å². The molecule has 1 N–H and O–H groups in total. The number of carbonyl (C=O) groups is 1. The molecule has 0 atom stereocenters. The van der Waals surface area contributed by atoms with E-state index in [1.807, 2.05) is 44.4 Å². The van der Waals surface area contributed by atoms with Crippen molar-refractivity contribution in [3.8, 4) is 5.69 Å². The van der Waals surface area contributed by atoms with E-state index in [0.29, 0.717) is 10.3 Å². The molecule has 124 valence electrons. The van der Waals surface area contributed by atoms with Crippen LogP contribution in [-0.2, 0) is 4.79 Å². The van der Waals surface area contributed by atoms with Gasteiger partial charge in [0.1, 0.15) is 0 Å². The van der Waals surface area contributed by atoms with Gasteiger partial charge in [-0.2, -0.15) is 4.68 Å². The predicted octanol–water partition coefficient (Wildman–Crippen LogP) is 2.77. The molecule has 1 aromatic carbocycles. The highest BCUT2D eigenvalue weighted by Gasteiger charge is 2.14. The van der Waals surface area contributed by atoms with Crippen LogP contribution in [0.1, 0.15) is 16.8 Å².